The molecule has 9 nitrogen and oxygen atoms in total. The van der Waals surface area contributed by atoms with Gasteiger partial charge in [-0.25, -0.2) is 4.98 Å². The Labute approximate surface area is 168 Å². The molecule has 1 aromatic carbocycles. The first-order chi connectivity index (χ1) is 13.9. The van der Waals surface area contributed by atoms with Crippen LogP contribution in [0, 0.1) is 0 Å². The van der Waals surface area contributed by atoms with Gasteiger partial charge in [-0.05, 0) is 17.7 Å². The van der Waals surface area contributed by atoms with Crippen LogP contribution in [0.1, 0.15) is 36.7 Å². The third kappa shape index (κ3) is 4.56. The molecule has 0 saturated carbocycles. The van der Waals surface area contributed by atoms with Crippen molar-refractivity contribution in [2.45, 2.75) is 25.3 Å². The van der Waals surface area contributed by atoms with E-state index in [9.17, 15) is 14.4 Å². The summed E-state index contributed by atoms with van der Waals surface area (Å²) in [6.45, 7) is 0.0677. The zero-order valence-electron chi connectivity index (χ0n) is 16.7. The largest absolute Gasteiger partial charge is 0.497 e. The summed E-state index contributed by atoms with van der Waals surface area (Å²) in [7, 11) is 4.94. The molecule has 0 aliphatic carbocycles. The van der Waals surface area contributed by atoms with Gasteiger partial charge in [0, 0.05) is 51.3 Å². The molecule has 154 valence electrons. The Morgan fingerprint density at radius 3 is 2.28 bits per heavy atom. The topological polar surface area (TPSA) is 103 Å². The van der Waals surface area contributed by atoms with Crippen LogP contribution in [-0.2, 0) is 21.4 Å². The lowest BCUT2D eigenvalue weighted by atomic mass is 10.0. The number of methoxy groups -OCH3 is 2. The first-order valence-electron chi connectivity index (χ1n) is 9.25. The van der Waals surface area contributed by atoms with Crippen molar-refractivity contribution in [2.75, 3.05) is 20.8 Å². The van der Waals surface area contributed by atoms with E-state index in [-0.39, 0.29) is 43.5 Å². The van der Waals surface area contributed by atoms with Gasteiger partial charge < -0.3 is 19.4 Å². The van der Waals surface area contributed by atoms with Gasteiger partial charge >= 0.3 is 0 Å². The molecule has 1 atom stereocenters. The highest BCUT2D eigenvalue weighted by atomic mass is 16.5. The van der Waals surface area contributed by atoms with Crippen molar-refractivity contribution in [3.8, 4) is 11.5 Å². The lowest BCUT2D eigenvalue weighted by Gasteiger charge is -2.21. The molecule has 2 heterocycles. The van der Waals surface area contributed by atoms with Gasteiger partial charge in [0.1, 0.15) is 23.4 Å². The quantitative estimate of drug-likeness (QED) is 0.668. The van der Waals surface area contributed by atoms with Gasteiger partial charge in [-0.2, -0.15) is 0 Å². The van der Waals surface area contributed by atoms with Gasteiger partial charge in [0.05, 0.1) is 14.2 Å². The molecule has 1 saturated heterocycles. The van der Waals surface area contributed by atoms with Crippen LogP contribution >= 0.6 is 0 Å². The minimum Gasteiger partial charge on any atom is -0.497 e. The molecule has 3 rings (SSSR count). The van der Waals surface area contributed by atoms with E-state index in [2.05, 4.69) is 10.3 Å². The van der Waals surface area contributed by atoms with Crippen LogP contribution in [0.25, 0.3) is 0 Å². The van der Waals surface area contributed by atoms with Crippen molar-refractivity contribution in [3.63, 3.8) is 0 Å². The maximum Gasteiger partial charge on any atom is 0.229 e. The molecule has 1 aromatic heterocycles. The van der Waals surface area contributed by atoms with Crippen LogP contribution in [0.4, 0.5) is 0 Å². The Kier molecular flexibility index (Phi) is 6.16. The Hall–Kier alpha value is -3.36. The summed E-state index contributed by atoms with van der Waals surface area (Å²) in [4.78, 5) is 41.7. The van der Waals surface area contributed by atoms with E-state index in [4.69, 9.17) is 9.47 Å². The van der Waals surface area contributed by atoms with E-state index in [0.29, 0.717) is 17.3 Å². The monoisotopic (exact) mass is 400 g/mol. The molecular weight excluding hydrogens is 376 g/mol. The zero-order chi connectivity index (χ0) is 21.0. The van der Waals surface area contributed by atoms with Crippen LogP contribution in [0.5, 0.6) is 11.5 Å². The Morgan fingerprint density at radius 2 is 1.76 bits per heavy atom. The van der Waals surface area contributed by atoms with Gasteiger partial charge in [-0.3, -0.25) is 19.3 Å². The van der Waals surface area contributed by atoms with Crippen molar-refractivity contribution >= 4 is 17.7 Å². The number of nitrogens with one attached hydrogen (secondary N) is 1. The number of aromatic nitrogens is 2. The number of nitrogens with zero attached hydrogens (tertiary/aromatic N) is 3. The number of rotatable bonds is 8. The summed E-state index contributed by atoms with van der Waals surface area (Å²) in [5, 5.41) is 2.95. The highest BCUT2D eigenvalue weighted by Gasteiger charge is 2.29. The van der Waals surface area contributed by atoms with Crippen LogP contribution in [0.3, 0.4) is 0 Å². The standard InChI is InChI=1S/C20H24N4O5/c1-23-9-7-21-20(23)19(13-10-14(28-2)12-15(11-13)29-3)22-16(25)6-8-24-17(26)4-5-18(24)27/h7,9-12,19H,4-6,8H2,1-3H3,(H,22,25). The average molecular weight is 400 g/mol. The number of imide groups is 1. The first-order valence-corrected chi connectivity index (χ1v) is 9.25. The Bertz CT molecular complexity index is 885. The molecule has 2 aromatic rings. The third-order valence-corrected chi connectivity index (χ3v) is 4.85. The van der Waals surface area contributed by atoms with Crippen molar-refractivity contribution in [1.82, 2.24) is 19.8 Å². The van der Waals surface area contributed by atoms with Crippen molar-refractivity contribution < 1.29 is 23.9 Å². The van der Waals surface area contributed by atoms with Crippen LogP contribution < -0.4 is 14.8 Å². The molecule has 0 bridgehead atoms. The lowest BCUT2D eigenvalue weighted by Crippen LogP contribution is -2.36. The minimum atomic E-state index is -0.559. The number of likely N-dealkylation sites (tertiary alicyclic amines) is 1. The lowest BCUT2D eigenvalue weighted by molar-refractivity contribution is -0.138. The van der Waals surface area contributed by atoms with E-state index in [0.717, 1.165) is 10.5 Å². The predicted molar refractivity (Wildman–Crippen MR) is 103 cm³/mol. The van der Waals surface area contributed by atoms with Crippen LogP contribution in [0.15, 0.2) is 30.6 Å². The summed E-state index contributed by atoms with van der Waals surface area (Å²) in [5.74, 6) is 1.03. The second-order valence-corrected chi connectivity index (χ2v) is 6.73. The van der Waals surface area contributed by atoms with E-state index in [1.807, 2.05) is 11.6 Å². The normalized spacial score (nSPS) is 14.8. The van der Waals surface area contributed by atoms with Crippen molar-refractivity contribution in [3.05, 3.63) is 42.0 Å². The maximum atomic E-state index is 12.7. The number of aryl methyl sites for hydroxylation is 1. The van der Waals surface area contributed by atoms with E-state index in [1.54, 1.807) is 44.8 Å². The summed E-state index contributed by atoms with van der Waals surface area (Å²) in [6.07, 6.45) is 3.86. The van der Waals surface area contributed by atoms with Gasteiger partial charge in [0.15, 0.2) is 0 Å². The van der Waals surface area contributed by atoms with E-state index in [1.165, 1.54) is 0 Å². The molecule has 9 heteroatoms. The molecule has 0 radical (unpaired) electrons. The first kappa shape index (κ1) is 20.4. The molecule has 0 spiro atoms. The third-order valence-electron chi connectivity index (χ3n) is 4.85. The molecule has 1 aliphatic rings. The predicted octanol–water partition coefficient (Wildman–Crippen LogP) is 1.18. The van der Waals surface area contributed by atoms with Gasteiger partial charge in [0.2, 0.25) is 17.7 Å². The fourth-order valence-electron chi connectivity index (χ4n) is 3.27. The Balaban J connectivity index is 1.82. The minimum absolute atomic E-state index is 0.0134. The number of carbonyl (C=O) groups is 3. The fourth-order valence-corrected chi connectivity index (χ4v) is 3.27. The molecule has 3 amide bonds. The van der Waals surface area contributed by atoms with Gasteiger partial charge in [-0.1, -0.05) is 0 Å². The summed E-state index contributed by atoms with van der Waals surface area (Å²) in [6, 6.07) is 4.79. The number of hydrogen-bond acceptors (Lipinski definition) is 6. The van der Waals surface area contributed by atoms with E-state index >= 15 is 0 Å². The van der Waals surface area contributed by atoms with Gasteiger partial charge in [-0.15, -0.1) is 0 Å². The van der Waals surface area contributed by atoms with Crippen LogP contribution in [0.2, 0.25) is 0 Å². The highest BCUT2D eigenvalue weighted by molar-refractivity contribution is 6.02. The van der Waals surface area contributed by atoms with Crippen molar-refractivity contribution in [1.29, 1.82) is 0 Å². The summed E-state index contributed by atoms with van der Waals surface area (Å²) >= 11 is 0. The smallest absolute Gasteiger partial charge is 0.229 e. The molecule has 1 aliphatic heterocycles. The SMILES string of the molecule is COc1cc(OC)cc(C(NC(=O)CCN2C(=O)CCC2=O)c2nccn2C)c1. The number of benzene rings is 1. The highest BCUT2D eigenvalue weighted by Crippen LogP contribution is 2.29. The van der Waals surface area contributed by atoms with E-state index < -0.39 is 6.04 Å². The van der Waals surface area contributed by atoms with Crippen LogP contribution in [-0.4, -0.2) is 52.9 Å². The fraction of sp³-hybridized carbons (Fsp3) is 0.400. The average Bonchev–Trinajstić information content (AvgIpc) is 3.28. The number of hydrogen-bond donors (Lipinski definition) is 1. The second-order valence-electron chi connectivity index (χ2n) is 6.73. The van der Waals surface area contributed by atoms with Crippen molar-refractivity contribution in [2.24, 2.45) is 7.05 Å². The molecular formula is C20H24N4O5. The molecule has 1 N–H and O–H groups in total. The second kappa shape index (κ2) is 8.76. The molecule has 1 fully saturated rings. The number of imidazole rings is 1. The maximum absolute atomic E-state index is 12.7. The van der Waals surface area contributed by atoms with Gasteiger partial charge in [0.25, 0.3) is 0 Å². The molecule has 1 unspecified atom stereocenters. The zero-order valence-corrected chi connectivity index (χ0v) is 16.7. The summed E-state index contributed by atoms with van der Waals surface area (Å²) < 4.78 is 12.5. The number of amides is 3. The number of carbonyl (C=O) groups excluding carboxylic acids is 3. The summed E-state index contributed by atoms with van der Waals surface area (Å²) in [5.41, 5.74) is 0.733. The molecule has 29 heavy (non-hydrogen) atoms. The Morgan fingerprint density at radius 1 is 1.14 bits per heavy atom. The number of ether oxygens (including phenoxy) is 2.